The van der Waals surface area contributed by atoms with Gasteiger partial charge in [0.05, 0.1) is 6.26 Å². The zero-order chi connectivity index (χ0) is 24.1. The number of benzene rings is 1. The van der Waals surface area contributed by atoms with Gasteiger partial charge in [0.25, 0.3) is 0 Å². The van der Waals surface area contributed by atoms with Crippen LogP contribution in [0.3, 0.4) is 0 Å². The van der Waals surface area contributed by atoms with Crippen molar-refractivity contribution in [2.24, 2.45) is 42.9 Å². The highest BCUT2D eigenvalue weighted by Crippen LogP contribution is 2.26. The molecule has 1 aromatic carbocycles. The third kappa shape index (κ3) is 8.44. The molecular formula is C24H36N8O. The van der Waals surface area contributed by atoms with Crippen molar-refractivity contribution in [3.05, 3.63) is 47.7 Å². The van der Waals surface area contributed by atoms with Gasteiger partial charge in [0.2, 0.25) is 11.9 Å². The molecule has 0 fully saturated rings. The summed E-state index contributed by atoms with van der Waals surface area (Å²) in [4.78, 5) is 17.0. The summed E-state index contributed by atoms with van der Waals surface area (Å²) in [6.45, 7) is 5.52. The maximum absolute atomic E-state index is 6.27. The molecule has 9 heteroatoms. The summed E-state index contributed by atoms with van der Waals surface area (Å²) in [6, 6.07) is 9.04. The molecule has 0 aliphatic carbocycles. The van der Waals surface area contributed by atoms with Crippen molar-refractivity contribution >= 4 is 23.6 Å². The van der Waals surface area contributed by atoms with Crippen molar-refractivity contribution in [2.75, 3.05) is 13.1 Å². The molecule has 0 aliphatic heterocycles. The van der Waals surface area contributed by atoms with E-state index in [0.29, 0.717) is 35.5 Å². The number of aliphatic imine (C=N–C) groups is 4. The van der Waals surface area contributed by atoms with E-state index in [1.54, 1.807) is 24.5 Å². The van der Waals surface area contributed by atoms with Crippen molar-refractivity contribution < 1.29 is 4.42 Å². The monoisotopic (exact) mass is 452 g/mol. The SMILES string of the molecule is CCCCCN=C(N)/N=C(\N)c1ccc(/C(N)=N/C(N)=NCCCCC)c(-c2ccco2)c1. The second-order valence-corrected chi connectivity index (χ2v) is 7.63. The Balaban J connectivity index is 2.31. The van der Waals surface area contributed by atoms with Gasteiger partial charge in [-0.05, 0) is 37.1 Å². The van der Waals surface area contributed by atoms with Crippen LogP contribution < -0.4 is 22.9 Å². The summed E-state index contributed by atoms with van der Waals surface area (Å²) >= 11 is 0. The van der Waals surface area contributed by atoms with E-state index in [-0.39, 0.29) is 23.6 Å². The molecule has 0 bridgehead atoms. The Hall–Kier alpha value is -3.62. The fourth-order valence-electron chi connectivity index (χ4n) is 3.12. The van der Waals surface area contributed by atoms with Gasteiger partial charge in [-0.15, -0.1) is 0 Å². The minimum absolute atomic E-state index is 0.145. The Morgan fingerprint density at radius 2 is 1.39 bits per heavy atom. The molecule has 178 valence electrons. The number of hydrogen-bond donors (Lipinski definition) is 4. The van der Waals surface area contributed by atoms with Crippen molar-refractivity contribution in [2.45, 2.75) is 52.4 Å². The van der Waals surface area contributed by atoms with Gasteiger partial charge in [-0.2, -0.15) is 9.98 Å². The van der Waals surface area contributed by atoms with Gasteiger partial charge in [0.1, 0.15) is 17.4 Å². The zero-order valence-corrected chi connectivity index (χ0v) is 19.6. The van der Waals surface area contributed by atoms with Crippen LogP contribution in [0, 0.1) is 0 Å². The van der Waals surface area contributed by atoms with Gasteiger partial charge in [-0.3, -0.25) is 9.98 Å². The van der Waals surface area contributed by atoms with Crippen LogP contribution in [0.4, 0.5) is 0 Å². The summed E-state index contributed by atoms with van der Waals surface area (Å²) in [7, 11) is 0. The highest BCUT2D eigenvalue weighted by atomic mass is 16.3. The van der Waals surface area contributed by atoms with E-state index in [9.17, 15) is 0 Å². The van der Waals surface area contributed by atoms with E-state index in [2.05, 4.69) is 33.8 Å². The minimum atomic E-state index is 0.145. The highest BCUT2D eigenvalue weighted by molar-refractivity contribution is 6.10. The van der Waals surface area contributed by atoms with Crippen molar-refractivity contribution in [1.82, 2.24) is 0 Å². The number of hydrogen-bond acceptors (Lipinski definition) is 3. The molecule has 1 heterocycles. The highest BCUT2D eigenvalue weighted by Gasteiger charge is 2.14. The van der Waals surface area contributed by atoms with Gasteiger partial charge in [-0.25, -0.2) is 0 Å². The zero-order valence-electron chi connectivity index (χ0n) is 19.6. The van der Waals surface area contributed by atoms with Gasteiger partial charge >= 0.3 is 0 Å². The molecule has 33 heavy (non-hydrogen) atoms. The first-order valence-corrected chi connectivity index (χ1v) is 11.4. The second kappa shape index (κ2) is 13.7. The fraction of sp³-hybridized carbons (Fsp3) is 0.417. The standard InChI is InChI=1S/C24H36N8O/c1-3-5-7-13-29-23(27)31-21(25)17-11-12-18(19(16-17)20-10-9-15-33-20)22(26)32-24(28)30-14-8-6-4-2/h9-12,15-16H,3-8,13-14H2,1-2H3,(H4,25,27,29,31)(H4,26,28,30,32). The number of guanidine groups is 2. The number of nitrogens with zero attached hydrogens (tertiary/aromatic N) is 4. The summed E-state index contributed by atoms with van der Waals surface area (Å²) < 4.78 is 5.60. The topological polar surface area (TPSA) is 167 Å². The summed E-state index contributed by atoms with van der Waals surface area (Å²) in [6.07, 6.45) is 7.93. The first kappa shape index (κ1) is 25.6. The van der Waals surface area contributed by atoms with E-state index in [0.717, 1.165) is 38.5 Å². The maximum atomic E-state index is 6.27. The van der Waals surface area contributed by atoms with Crippen LogP contribution >= 0.6 is 0 Å². The summed E-state index contributed by atoms with van der Waals surface area (Å²) in [5.74, 6) is 1.39. The molecule has 0 amide bonds. The molecule has 0 saturated heterocycles. The summed E-state index contributed by atoms with van der Waals surface area (Å²) in [5.41, 5.74) is 26.3. The molecule has 0 spiro atoms. The van der Waals surface area contributed by atoms with Crippen LogP contribution in [0.1, 0.15) is 63.5 Å². The molecule has 0 saturated carbocycles. The van der Waals surface area contributed by atoms with Gasteiger partial charge < -0.3 is 27.4 Å². The molecule has 2 rings (SSSR count). The van der Waals surface area contributed by atoms with Gasteiger partial charge in [-0.1, -0.05) is 45.6 Å². The van der Waals surface area contributed by atoms with Crippen molar-refractivity contribution in [3.8, 4) is 11.3 Å². The quantitative estimate of drug-likeness (QED) is 0.232. The average molecular weight is 453 g/mol. The third-order valence-electron chi connectivity index (χ3n) is 4.92. The lowest BCUT2D eigenvalue weighted by Crippen LogP contribution is -2.22. The van der Waals surface area contributed by atoms with Crippen LogP contribution in [-0.2, 0) is 0 Å². The van der Waals surface area contributed by atoms with Crippen molar-refractivity contribution in [3.63, 3.8) is 0 Å². The molecule has 1 aromatic heterocycles. The maximum Gasteiger partial charge on any atom is 0.217 e. The van der Waals surface area contributed by atoms with Gasteiger partial charge in [0.15, 0.2) is 0 Å². The van der Waals surface area contributed by atoms with Crippen LogP contribution in [-0.4, -0.2) is 36.7 Å². The predicted octanol–water partition coefficient (Wildman–Crippen LogP) is 3.37. The number of furan rings is 1. The lowest BCUT2D eigenvalue weighted by molar-refractivity contribution is 0.582. The molecule has 9 nitrogen and oxygen atoms in total. The van der Waals surface area contributed by atoms with E-state index in [1.165, 1.54) is 0 Å². The van der Waals surface area contributed by atoms with E-state index >= 15 is 0 Å². The van der Waals surface area contributed by atoms with Crippen LogP contribution in [0.5, 0.6) is 0 Å². The molecular weight excluding hydrogens is 416 g/mol. The van der Waals surface area contributed by atoms with E-state index in [4.69, 9.17) is 27.4 Å². The molecule has 2 aromatic rings. The summed E-state index contributed by atoms with van der Waals surface area (Å²) in [5, 5.41) is 0. The third-order valence-corrected chi connectivity index (χ3v) is 4.92. The number of amidine groups is 2. The number of nitrogens with two attached hydrogens (primary N) is 4. The second-order valence-electron chi connectivity index (χ2n) is 7.63. The number of rotatable bonds is 11. The van der Waals surface area contributed by atoms with Crippen LogP contribution in [0.15, 0.2) is 61.0 Å². The molecule has 0 radical (unpaired) electrons. The van der Waals surface area contributed by atoms with Gasteiger partial charge in [0, 0.05) is 29.8 Å². The minimum Gasteiger partial charge on any atom is -0.464 e. The lowest BCUT2D eigenvalue weighted by atomic mass is 10.0. The first-order chi connectivity index (χ1) is 16.0. The normalized spacial score (nSPS) is 13.5. The molecule has 0 atom stereocenters. The Bertz CT molecular complexity index is 990. The van der Waals surface area contributed by atoms with Crippen LogP contribution in [0.2, 0.25) is 0 Å². The first-order valence-electron chi connectivity index (χ1n) is 11.4. The van der Waals surface area contributed by atoms with Crippen LogP contribution in [0.25, 0.3) is 11.3 Å². The smallest absolute Gasteiger partial charge is 0.217 e. The Morgan fingerprint density at radius 3 is 1.94 bits per heavy atom. The van der Waals surface area contributed by atoms with E-state index < -0.39 is 0 Å². The predicted molar refractivity (Wildman–Crippen MR) is 138 cm³/mol. The molecule has 8 N–H and O–H groups in total. The lowest BCUT2D eigenvalue weighted by Gasteiger charge is -2.10. The Labute approximate surface area is 195 Å². The average Bonchev–Trinajstić information content (AvgIpc) is 3.34. The largest absolute Gasteiger partial charge is 0.464 e. The molecule has 0 aliphatic rings. The fourth-order valence-corrected chi connectivity index (χ4v) is 3.12. The molecule has 0 unspecified atom stereocenters. The number of unbranched alkanes of at least 4 members (excludes halogenated alkanes) is 4. The van der Waals surface area contributed by atoms with E-state index in [1.807, 2.05) is 12.1 Å². The Kier molecular flexibility index (Phi) is 10.7. The Morgan fingerprint density at radius 1 is 0.788 bits per heavy atom. The van der Waals surface area contributed by atoms with Crippen molar-refractivity contribution in [1.29, 1.82) is 0 Å².